The molecular formula is C13H20N2O2. The minimum Gasteiger partial charge on any atom is -0.508 e. The summed E-state index contributed by atoms with van der Waals surface area (Å²) in [7, 11) is 1.72. The van der Waals surface area contributed by atoms with Crippen LogP contribution in [0.25, 0.3) is 0 Å². The third-order valence-corrected chi connectivity index (χ3v) is 2.81. The van der Waals surface area contributed by atoms with Gasteiger partial charge < -0.3 is 15.3 Å². The van der Waals surface area contributed by atoms with Crippen LogP contribution in [0.15, 0.2) is 24.3 Å². The van der Waals surface area contributed by atoms with Crippen molar-refractivity contribution in [3.05, 3.63) is 29.8 Å². The van der Waals surface area contributed by atoms with Gasteiger partial charge in [-0.25, -0.2) is 4.79 Å². The van der Waals surface area contributed by atoms with Crippen LogP contribution < -0.4 is 5.32 Å². The second-order valence-corrected chi connectivity index (χ2v) is 4.08. The molecule has 94 valence electrons. The van der Waals surface area contributed by atoms with Crippen molar-refractivity contribution < 1.29 is 9.90 Å². The second-order valence-electron chi connectivity index (χ2n) is 4.08. The van der Waals surface area contributed by atoms with Crippen molar-refractivity contribution in [2.75, 3.05) is 13.6 Å². The van der Waals surface area contributed by atoms with Crippen LogP contribution in [0.5, 0.6) is 5.75 Å². The molecule has 1 unspecified atom stereocenters. The first kappa shape index (κ1) is 13.4. The molecule has 4 heteroatoms. The highest BCUT2D eigenvalue weighted by Crippen LogP contribution is 2.26. The SMILES string of the molecule is CCCNC(=O)N(C)C(C)c1ccccc1O. The van der Waals surface area contributed by atoms with Gasteiger partial charge in [-0.15, -0.1) is 0 Å². The Balaban J connectivity index is 2.72. The summed E-state index contributed by atoms with van der Waals surface area (Å²) in [5, 5.41) is 12.5. The van der Waals surface area contributed by atoms with Crippen LogP contribution in [0.2, 0.25) is 0 Å². The Hall–Kier alpha value is -1.71. The largest absolute Gasteiger partial charge is 0.508 e. The number of carbonyl (C=O) groups is 1. The Morgan fingerprint density at radius 1 is 1.47 bits per heavy atom. The summed E-state index contributed by atoms with van der Waals surface area (Å²) in [6, 6.07) is 6.79. The third kappa shape index (κ3) is 3.37. The molecule has 1 atom stereocenters. The van der Waals surface area contributed by atoms with Gasteiger partial charge in [0.25, 0.3) is 0 Å². The number of phenols is 1. The van der Waals surface area contributed by atoms with Gasteiger partial charge in [0.1, 0.15) is 5.75 Å². The van der Waals surface area contributed by atoms with Gasteiger partial charge in [-0.2, -0.15) is 0 Å². The molecule has 2 N–H and O–H groups in total. The van der Waals surface area contributed by atoms with Gasteiger partial charge >= 0.3 is 6.03 Å². The molecule has 0 aliphatic carbocycles. The van der Waals surface area contributed by atoms with Crippen LogP contribution in [0.3, 0.4) is 0 Å². The van der Waals surface area contributed by atoms with Crippen LogP contribution in [0.4, 0.5) is 4.79 Å². The molecule has 4 nitrogen and oxygen atoms in total. The number of nitrogens with one attached hydrogen (secondary N) is 1. The predicted octanol–water partition coefficient (Wildman–Crippen LogP) is 2.50. The summed E-state index contributed by atoms with van der Waals surface area (Å²) in [5.74, 6) is 0.218. The van der Waals surface area contributed by atoms with Crippen molar-refractivity contribution in [2.24, 2.45) is 0 Å². The maximum atomic E-state index is 11.8. The van der Waals surface area contributed by atoms with Gasteiger partial charge in [-0.3, -0.25) is 0 Å². The van der Waals surface area contributed by atoms with Crippen molar-refractivity contribution in [3.63, 3.8) is 0 Å². The van der Waals surface area contributed by atoms with Crippen LogP contribution >= 0.6 is 0 Å². The molecule has 0 saturated carbocycles. The standard InChI is InChI=1S/C13H20N2O2/c1-4-9-14-13(17)15(3)10(2)11-7-5-6-8-12(11)16/h5-8,10,16H,4,9H2,1-3H3,(H,14,17). The van der Waals surface area contributed by atoms with Gasteiger partial charge in [0.15, 0.2) is 0 Å². The van der Waals surface area contributed by atoms with E-state index in [1.165, 1.54) is 0 Å². The van der Waals surface area contributed by atoms with Gasteiger partial charge in [-0.05, 0) is 19.4 Å². The Labute approximate surface area is 102 Å². The van der Waals surface area contributed by atoms with Gasteiger partial charge in [0.2, 0.25) is 0 Å². The summed E-state index contributed by atoms with van der Waals surface area (Å²) < 4.78 is 0. The minimum absolute atomic E-state index is 0.123. The fourth-order valence-corrected chi connectivity index (χ4v) is 1.58. The maximum absolute atomic E-state index is 11.8. The molecule has 17 heavy (non-hydrogen) atoms. The molecule has 0 aromatic heterocycles. The van der Waals surface area contributed by atoms with Gasteiger partial charge in [0.05, 0.1) is 6.04 Å². The fourth-order valence-electron chi connectivity index (χ4n) is 1.58. The zero-order valence-corrected chi connectivity index (χ0v) is 10.6. The molecule has 2 amide bonds. The topological polar surface area (TPSA) is 52.6 Å². The first-order chi connectivity index (χ1) is 8.07. The lowest BCUT2D eigenvalue weighted by molar-refractivity contribution is 0.193. The molecule has 0 aliphatic heterocycles. The van der Waals surface area contributed by atoms with Crippen molar-refractivity contribution in [1.29, 1.82) is 0 Å². The summed E-state index contributed by atoms with van der Waals surface area (Å²) >= 11 is 0. The number of rotatable bonds is 4. The second kappa shape index (κ2) is 6.13. The van der Waals surface area contributed by atoms with E-state index in [0.717, 1.165) is 12.0 Å². The van der Waals surface area contributed by atoms with E-state index >= 15 is 0 Å². The molecule has 1 rings (SSSR count). The van der Waals surface area contributed by atoms with Gasteiger partial charge in [0, 0.05) is 19.2 Å². The number of para-hydroxylation sites is 1. The van der Waals surface area contributed by atoms with Crippen molar-refractivity contribution >= 4 is 6.03 Å². The molecule has 0 saturated heterocycles. The van der Waals surface area contributed by atoms with E-state index in [1.807, 2.05) is 26.0 Å². The number of benzene rings is 1. The Morgan fingerprint density at radius 3 is 2.71 bits per heavy atom. The summed E-state index contributed by atoms with van der Waals surface area (Å²) in [6.07, 6.45) is 0.907. The fraction of sp³-hybridized carbons (Fsp3) is 0.462. The van der Waals surface area contributed by atoms with Crippen molar-refractivity contribution in [3.8, 4) is 5.75 Å². The average molecular weight is 236 g/mol. The van der Waals surface area contributed by atoms with E-state index in [-0.39, 0.29) is 17.8 Å². The number of aromatic hydroxyl groups is 1. The molecule has 1 aromatic carbocycles. The minimum atomic E-state index is -0.159. The zero-order valence-electron chi connectivity index (χ0n) is 10.6. The Morgan fingerprint density at radius 2 is 2.12 bits per heavy atom. The molecule has 0 fully saturated rings. The van der Waals surface area contributed by atoms with Crippen molar-refractivity contribution in [1.82, 2.24) is 10.2 Å². The number of nitrogens with zero attached hydrogens (tertiary/aromatic N) is 1. The third-order valence-electron chi connectivity index (χ3n) is 2.81. The normalized spacial score (nSPS) is 11.9. The average Bonchev–Trinajstić information content (AvgIpc) is 2.34. The number of hydrogen-bond acceptors (Lipinski definition) is 2. The van der Waals surface area contributed by atoms with Crippen LogP contribution in [-0.2, 0) is 0 Å². The summed E-state index contributed by atoms with van der Waals surface area (Å²) in [5.41, 5.74) is 0.752. The van der Waals surface area contributed by atoms with Gasteiger partial charge in [-0.1, -0.05) is 25.1 Å². The first-order valence-corrected chi connectivity index (χ1v) is 5.86. The molecule has 0 aliphatic rings. The highest BCUT2D eigenvalue weighted by Gasteiger charge is 2.18. The quantitative estimate of drug-likeness (QED) is 0.844. The van der Waals surface area contributed by atoms with E-state index in [0.29, 0.717) is 6.54 Å². The highest BCUT2D eigenvalue weighted by atomic mass is 16.3. The van der Waals surface area contributed by atoms with E-state index < -0.39 is 0 Å². The molecular weight excluding hydrogens is 216 g/mol. The highest BCUT2D eigenvalue weighted by molar-refractivity contribution is 5.74. The summed E-state index contributed by atoms with van der Waals surface area (Å²) in [4.78, 5) is 13.3. The smallest absolute Gasteiger partial charge is 0.317 e. The lowest BCUT2D eigenvalue weighted by Gasteiger charge is -2.26. The Kier molecular flexibility index (Phi) is 4.82. The number of phenolic OH excluding ortho intramolecular Hbond substituents is 1. The molecule has 0 heterocycles. The lowest BCUT2D eigenvalue weighted by atomic mass is 10.1. The van der Waals surface area contributed by atoms with E-state index in [4.69, 9.17) is 0 Å². The van der Waals surface area contributed by atoms with E-state index in [2.05, 4.69) is 5.32 Å². The maximum Gasteiger partial charge on any atom is 0.317 e. The zero-order chi connectivity index (χ0) is 12.8. The summed E-state index contributed by atoms with van der Waals surface area (Å²) in [6.45, 7) is 4.56. The number of urea groups is 1. The van der Waals surface area contributed by atoms with E-state index in [9.17, 15) is 9.90 Å². The molecule has 0 radical (unpaired) electrons. The first-order valence-electron chi connectivity index (χ1n) is 5.86. The molecule has 0 spiro atoms. The monoisotopic (exact) mass is 236 g/mol. The molecule has 1 aromatic rings. The Bertz CT molecular complexity index is 379. The van der Waals surface area contributed by atoms with Crippen LogP contribution in [-0.4, -0.2) is 29.6 Å². The number of carbonyl (C=O) groups excluding carboxylic acids is 1. The number of amides is 2. The van der Waals surface area contributed by atoms with Crippen LogP contribution in [0, 0.1) is 0 Å². The molecule has 0 bridgehead atoms. The number of hydrogen-bond donors (Lipinski definition) is 2. The predicted molar refractivity (Wildman–Crippen MR) is 68.0 cm³/mol. The van der Waals surface area contributed by atoms with E-state index in [1.54, 1.807) is 24.1 Å². The van der Waals surface area contributed by atoms with Crippen LogP contribution in [0.1, 0.15) is 31.9 Å². The lowest BCUT2D eigenvalue weighted by Crippen LogP contribution is -2.39. The van der Waals surface area contributed by atoms with Crippen molar-refractivity contribution in [2.45, 2.75) is 26.3 Å².